The molecule has 0 spiro atoms. The largest absolute Gasteiger partial charge is 0.365 e. The Morgan fingerprint density at radius 3 is 2.95 bits per heavy atom. The molecule has 3 nitrogen and oxygen atoms in total. The number of hydrogen-bond donors (Lipinski definition) is 0. The number of anilines is 1. The Morgan fingerprint density at radius 2 is 2.15 bits per heavy atom. The molecule has 1 aromatic rings. The lowest BCUT2D eigenvalue weighted by atomic mass is 9.96. The molecule has 108 valence electrons. The van der Waals surface area contributed by atoms with Gasteiger partial charge < -0.3 is 4.90 Å². The summed E-state index contributed by atoms with van der Waals surface area (Å²) >= 11 is 3.53. The zero-order valence-corrected chi connectivity index (χ0v) is 13.5. The molecular formula is C16H21BrN2O. The second-order valence-electron chi connectivity index (χ2n) is 5.97. The van der Waals surface area contributed by atoms with E-state index in [1.165, 1.54) is 25.8 Å². The molecule has 2 aliphatic rings. The highest BCUT2D eigenvalue weighted by molar-refractivity contribution is 9.10. The van der Waals surface area contributed by atoms with E-state index in [0.717, 1.165) is 35.1 Å². The van der Waals surface area contributed by atoms with Crippen LogP contribution >= 0.6 is 15.9 Å². The number of rotatable bonds is 2. The SMILES string of the molecule is CC1CN2CCCCC2CN1c1cc(Br)ccc1C=O. The van der Waals surface area contributed by atoms with Crippen LogP contribution in [0.5, 0.6) is 0 Å². The molecular weight excluding hydrogens is 316 g/mol. The molecule has 0 radical (unpaired) electrons. The van der Waals surface area contributed by atoms with E-state index >= 15 is 0 Å². The molecule has 0 saturated carbocycles. The number of carbonyl (C=O) groups is 1. The molecule has 0 amide bonds. The first-order valence-electron chi connectivity index (χ1n) is 7.44. The van der Waals surface area contributed by atoms with Gasteiger partial charge in [0.15, 0.2) is 6.29 Å². The number of nitrogens with zero attached hydrogens (tertiary/aromatic N) is 2. The maximum absolute atomic E-state index is 11.3. The highest BCUT2D eigenvalue weighted by Crippen LogP contribution is 2.31. The van der Waals surface area contributed by atoms with Gasteiger partial charge in [-0.3, -0.25) is 9.69 Å². The van der Waals surface area contributed by atoms with E-state index in [2.05, 4.69) is 38.7 Å². The summed E-state index contributed by atoms with van der Waals surface area (Å²) in [6, 6.07) is 7.04. The van der Waals surface area contributed by atoms with Crippen molar-refractivity contribution in [2.75, 3.05) is 24.5 Å². The molecule has 0 bridgehead atoms. The van der Waals surface area contributed by atoms with E-state index in [0.29, 0.717) is 12.1 Å². The summed E-state index contributed by atoms with van der Waals surface area (Å²) in [6.07, 6.45) is 4.93. The summed E-state index contributed by atoms with van der Waals surface area (Å²) in [5.41, 5.74) is 1.87. The van der Waals surface area contributed by atoms with Crippen molar-refractivity contribution in [1.29, 1.82) is 0 Å². The molecule has 3 rings (SSSR count). The predicted octanol–water partition coefficient (Wildman–Crippen LogP) is 3.32. The van der Waals surface area contributed by atoms with Crippen molar-refractivity contribution in [1.82, 2.24) is 4.90 Å². The van der Waals surface area contributed by atoms with Crippen LogP contribution in [-0.4, -0.2) is 42.9 Å². The third kappa shape index (κ3) is 2.63. The summed E-state index contributed by atoms with van der Waals surface area (Å²) in [5.74, 6) is 0. The van der Waals surface area contributed by atoms with Crippen molar-refractivity contribution in [3.8, 4) is 0 Å². The first-order valence-corrected chi connectivity index (χ1v) is 8.24. The van der Waals surface area contributed by atoms with E-state index in [9.17, 15) is 4.79 Å². The minimum atomic E-state index is 0.456. The Hall–Kier alpha value is -0.870. The number of fused-ring (bicyclic) bond motifs is 1. The van der Waals surface area contributed by atoms with Gasteiger partial charge in [0.1, 0.15) is 0 Å². The number of piperidine rings is 1. The first kappa shape index (κ1) is 14.1. The quantitative estimate of drug-likeness (QED) is 0.774. The molecule has 0 aromatic heterocycles. The number of carbonyl (C=O) groups excluding carboxylic acids is 1. The highest BCUT2D eigenvalue weighted by Gasteiger charge is 2.33. The van der Waals surface area contributed by atoms with Crippen LogP contribution in [0.1, 0.15) is 36.5 Å². The maximum atomic E-state index is 11.3. The van der Waals surface area contributed by atoms with Gasteiger partial charge in [0.2, 0.25) is 0 Å². The average Bonchev–Trinajstić information content (AvgIpc) is 2.46. The third-order valence-electron chi connectivity index (χ3n) is 4.62. The van der Waals surface area contributed by atoms with Gasteiger partial charge in [0, 0.05) is 40.9 Å². The Morgan fingerprint density at radius 1 is 1.30 bits per heavy atom. The fourth-order valence-corrected chi connectivity index (χ4v) is 3.90. The van der Waals surface area contributed by atoms with Crippen LogP contribution in [0.2, 0.25) is 0 Å². The Bertz CT molecular complexity index is 505. The van der Waals surface area contributed by atoms with Crippen LogP contribution < -0.4 is 4.90 Å². The van der Waals surface area contributed by atoms with Gasteiger partial charge in [-0.2, -0.15) is 0 Å². The van der Waals surface area contributed by atoms with Gasteiger partial charge in [0.05, 0.1) is 0 Å². The van der Waals surface area contributed by atoms with Gasteiger partial charge in [-0.05, 0) is 44.5 Å². The molecule has 2 atom stereocenters. The fraction of sp³-hybridized carbons (Fsp3) is 0.562. The molecule has 2 unspecified atom stereocenters. The van der Waals surface area contributed by atoms with Crippen molar-refractivity contribution in [3.63, 3.8) is 0 Å². The Kier molecular flexibility index (Phi) is 4.13. The average molecular weight is 337 g/mol. The van der Waals surface area contributed by atoms with E-state index in [1.54, 1.807) is 0 Å². The standard InChI is InChI=1S/C16H21BrN2O/c1-12-9-18-7-3-2-4-15(18)10-19(12)16-8-14(17)6-5-13(16)11-20/h5-6,8,11-12,15H,2-4,7,9-10H2,1H3. The molecule has 20 heavy (non-hydrogen) atoms. The lowest BCUT2D eigenvalue weighted by molar-refractivity contribution is 0.111. The van der Waals surface area contributed by atoms with Crippen LogP contribution in [0.15, 0.2) is 22.7 Å². The lowest BCUT2D eigenvalue weighted by Crippen LogP contribution is -2.59. The molecule has 2 heterocycles. The lowest BCUT2D eigenvalue weighted by Gasteiger charge is -2.48. The molecule has 4 heteroatoms. The number of piperazine rings is 1. The minimum Gasteiger partial charge on any atom is -0.365 e. The van der Waals surface area contributed by atoms with Crippen LogP contribution in [0, 0.1) is 0 Å². The molecule has 2 aliphatic heterocycles. The van der Waals surface area contributed by atoms with Crippen molar-refractivity contribution in [3.05, 3.63) is 28.2 Å². The molecule has 0 aliphatic carbocycles. The van der Waals surface area contributed by atoms with Gasteiger partial charge in [-0.1, -0.05) is 22.4 Å². The predicted molar refractivity (Wildman–Crippen MR) is 85.5 cm³/mol. The van der Waals surface area contributed by atoms with E-state index in [-0.39, 0.29) is 0 Å². The van der Waals surface area contributed by atoms with Crippen molar-refractivity contribution in [2.24, 2.45) is 0 Å². The monoisotopic (exact) mass is 336 g/mol. The van der Waals surface area contributed by atoms with E-state index < -0.39 is 0 Å². The summed E-state index contributed by atoms with van der Waals surface area (Å²) < 4.78 is 1.04. The van der Waals surface area contributed by atoms with Crippen molar-refractivity contribution in [2.45, 2.75) is 38.3 Å². The number of aldehydes is 1. The highest BCUT2D eigenvalue weighted by atomic mass is 79.9. The van der Waals surface area contributed by atoms with Crippen LogP contribution in [0.4, 0.5) is 5.69 Å². The van der Waals surface area contributed by atoms with Crippen LogP contribution in [0.25, 0.3) is 0 Å². The van der Waals surface area contributed by atoms with Crippen LogP contribution in [-0.2, 0) is 0 Å². The normalized spacial score (nSPS) is 27.2. The van der Waals surface area contributed by atoms with Gasteiger partial charge in [-0.15, -0.1) is 0 Å². The van der Waals surface area contributed by atoms with Gasteiger partial charge in [-0.25, -0.2) is 0 Å². The molecule has 1 aromatic carbocycles. The van der Waals surface area contributed by atoms with Gasteiger partial charge in [0.25, 0.3) is 0 Å². The number of hydrogen-bond acceptors (Lipinski definition) is 3. The summed E-state index contributed by atoms with van der Waals surface area (Å²) in [6.45, 7) is 5.65. The second kappa shape index (κ2) is 5.86. The smallest absolute Gasteiger partial charge is 0.152 e. The zero-order valence-electron chi connectivity index (χ0n) is 11.9. The molecule has 2 saturated heterocycles. The number of benzene rings is 1. The third-order valence-corrected chi connectivity index (χ3v) is 5.11. The van der Waals surface area contributed by atoms with E-state index in [1.807, 2.05) is 12.1 Å². The van der Waals surface area contributed by atoms with E-state index in [4.69, 9.17) is 0 Å². The molecule has 0 N–H and O–H groups in total. The topological polar surface area (TPSA) is 23.6 Å². The minimum absolute atomic E-state index is 0.456. The summed E-state index contributed by atoms with van der Waals surface area (Å²) in [4.78, 5) is 16.4. The summed E-state index contributed by atoms with van der Waals surface area (Å²) in [5, 5.41) is 0. The molecule has 2 fully saturated rings. The van der Waals surface area contributed by atoms with Crippen molar-refractivity contribution >= 4 is 27.9 Å². The number of halogens is 1. The maximum Gasteiger partial charge on any atom is 0.152 e. The zero-order chi connectivity index (χ0) is 14.1. The Labute approximate surface area is 129 Å². The van der Waals surface area contributed by atoms with Gasteiger partial charge >= 0.3 is 0 Å². The Balaban J connectivity index is 1.89. The van der Waals surface area contributed by atoms with Crippen LogP contribution in [0.3, 0.4) is 0 Å². The fourth-order valence-electron chi connectivity index (χ4n) is 3.55. The second-order valence-corrected chi connectivity index (χ2v) is 6.88. The van der Waals surface area contributed by atoms with Crippen molar-refractivity contribution < 1.29 is 4.79 Å². The first-order chi connectivity index (χ1) is 9.69. The summed E-state index contributed by atoms with van der Waals surface area (Å²) in [7, 11) is 0.